The number of hydrogen-bond acceptors (Lipinski definition) is 3. The fraction of sp³-hybridized carbons (Fsp3) is 0.444. The van der Waals surface area contributed by atoms with E-state index in [9.17, 15) is 4.79 Å². The van der Waals surface area contributed by atoms with E-state index in [0.29, 0.717) is 6.42 Å². The van der Waals surface area contributed by atoms with Gasteiger partial charge in [0.25, 0.3) is 0 Å². The van der Waals surface area contributed by atoms with Gasteiger partial charge in [-0.05, 0) is 11.4 Å². The summed E-state index contributed by atoms with van der Waals surface area (Å²) in [5, 5.41) is 2.26. The lowest BCUT2D eigenvalue weighted by Gasteiger charge is -2.13. The zero-order chi connectivity index (χ0) is 9.26. The lowest BCUT2D eigenvalue weighted by atomic mass is 10.4. The van der Waals surface area contributed by atoms with Gasteiger partial charge in [0.05, 0.1) is 6.54 Å². The number of thiol groups is 1. The number of hydrogen-bond donors (Lipinski definition) is 1. The molecule has 1 fully saturated rings. The summed E-state index contributed by atoms with van der Waals surface area (Å²) in [6.45, 7) is 1.55. The Balaban J connectivity index is 1.99. The highest BCUT2D eigenvalue weighted by Crippen LogP contribution is 2.20. The molecule has 1 aliphatic rings. The first-order chi connectivity index (χ1) is 6.25. The minimum absolute atomic E-state index is 0.229. The van der Waals surface area contributed by atoms with E-state index in [1.165, 1.54) is 4.88 Å². The van der Waals surface area contributed by atoms with Crippen LogP contribution >= 0.6 is 24.0 Å². The Morgan fingerprint density at radius 3 is 3.08 bits per heavy atom. The molecule has 4 heteroatoms. The third-order valence-electron chi connectivity index (χ3n) is 2.12. The number of thiophene rings is 1. The SMILES string of the molecule is O=C1CC(S)CN1Cc1cccs1. The van der Waals surface area contributed by atoms with Crippen molar-refractivity contribution < 1.29 is 4.79 Å². The number of amides is 1. The maximum atomic E-state index is 11.4. The smallest absolute Gasteiger partial charge is 0.224 e. The summed E-state index contributed by atoms with van der Waals surface area (Å²) in [4.78, 5) is 14.5. The Bertz CT molecular complexity index is 297. The summed E-state index contributed by atoms with van der Waals surface area (Å²) >= 11 is 6.00. The molecule has 1 aromatic heterocycles. The van der Waals surface area contributed by atoms with E-state index >= 15 is 0 Å². The van der Waals surface area contributed by atoms with Gasteiger partial charge < -0.3 is 4.90 Å². The van der Waals surface area contributed by atoms with E-state index in [1.807, 2.05) is 16.3 Å². The van der Waals surface area contributed by atoms with Crippen LogP contribution in [0.2, 0.25) is 0 Å². The Kier molecular flexibility index (Phi) is 2.60. The first-order valence-electron chi connectivity index (χ1n) is 4.24. The van der Waals surface area contributed by atoms with Crippen molar-refractivity contribution in [3.63, 3.8) is 0 Å². The van der Waals surface area contributed by atoms with Gasteiger partial charge in [0.15, 0.2) is 0 Å². The van der Waals surface area contributed by atoms with Crippen molar-refractivity contribution in [3.05, 3.63) is 22.4 Å². The number of rotatable bonds is 2. The molecule has 0 N–H and O–H groups in total. The molecule has 1 unspecified atom stereocenters. The standard InChI is InChI=1S/C9H11NOS2/c11-9-4-7(12)5-10(9)6-8-2-1-3-13-8/h1-3,7,12H,4-6H2. The van der Waals surface area contributed by atoms with Crippen molar-refractivity contribution in [1.82, 2.24) is 4.90 Å². The summed E-state index contributed by atoms with van der Waals surface area (Å²) < 4.78 is 0. The van der Waals surface area contributed by atoms with E-state index in [1.54, 1.807) is 11.3 Å². The van der Waals surface area contributed by atoms with Crippen LogP contribution < -0.4 is 0 Å². The van der Waals surface area contributed by atoms with E-state index in [-0.39, 0.29) is 11.2 Å². The third-order valence-corrected chi connectivity index (χ3v) is 3.33. The molecular weight excluding hydrogens is 202 g/mol. The summed E-state index contributed by atoms with van der Waals surface area (Å²) in [5.41, 5.74) is 0. The van der Waals surface area contributed by atoms with Gasteiger partial charge in [-0.25, -0.2) is 0 Å². The van der Waals surface area contributed by atoms with E-state index in [2.05, 4.69) is 18.7 Å². The molecule has 0 saturated carbocycles. The predicted octanol–water partition coefficient (Wildman–Crippen LogP) is 1.78. The molecule has 1 atom stereocenters. The zero-order valence-electron chi connectivity index (χ0n) is 7.14. The average Bonchev–Trinajstić information content (AvgIpc) is 2.63. The Labute approximate surface area is 87.0 Å². The highest BCUT2D eigenvalue weighted by molar-refractivity contribution is 7.81. The highest BCUT2D eigenvalue weighted by Gasteiger charge is 2.26. The molecule has 1 aliphatic heterocycles. The normalized spacial score (nSPS) is 22.7. The molecule has 13 heavy (non-hydrogen) atoms. The van der Waals surface area contributed by atoms with E-state index in [4.69, 9.17) is 0 Å². The van der Waals surface area contributed by atoms with Crippen LogP contribution in [0.25, 0.3) is 0 Å². The van der Waals surface area contributed by atoms with Gasteiger partial charge in [-0.1, -0.05) is 6.07 Å². The average molecular weight is 213 g/mol. The van der Waals surface area contributed by atoms with Crippen LogP contribution in [0.1, 0.15) is 11.3 Å². The number of nitrogens with zero attached hydrogens (tertiary/aromatic N) is 1. The molecular formula is C9H11NOS2. The summed E-state index contributed by atoms with van der Waals surface area (Å²) in [7, 11) is 0. The molecule has 1 amide bonds. The first kappa shape index (κ1) is 9.09. The maximum absolute atomic E-state index is 11.4. The molecule has 0 radical (unpaired) electrons. The van der Waals surface area contributed by atoms with Crippen LogP contribution in [0.5, 0.6) is 0 Å². The molecule has 2 nitrogen and oxygen atoms in total. The molecule has 70 valence electrons. The molecule has 0 bridgehead atoms. The van der Waals surface area contributed by atoms with Gasteiger partial charge in [-0.2, -0.15) is 12.6 Å². The lowest BCUT2D eigenvalue weighted by molar-refractivity contribution is -0.128. The van der Waals surface area contributed by atoms with Gasteiger partial charge in [0, 0.05) is 23.1 Å². The highest BCUT2D eigenvalue weighted by atomic mass is 32.1. The second-order valence-electron chi connectivity index (χ2n) is 3.21. The lowest BCUT2D eigenvalue weighted by Crippen LogP contribution is -2.24. The van der Waals surface area contributed by atoms with Crippen LogP contribution in [-0.4, -0.2) is 22.6 Å². The fourth-order valence-electron chi connectivity index (χ4n) is 1.49. The van der Waals surface area contributed by atoms with Crippen molar-refractivity contribution in [2.45, 2.75) is 18.2 Å². The maximum Gasteiger partial charge on any atom is 0.224 e. The van der Waals surface area contributed by atoms with Crippen molar-refractivity contribution in [2.24, 2.45) is 0 Å². The topological polar surface area (TPSA) is 20.3 Å². The van der Waals surface area contributed by atoms with Crippen LogP contribution in [0, 0.1) is 0 Å². The molecule has 0 aliphatic carbocycles. The third kappa shape index (κ3) is 2.06. The predicted molar refractivity (Wildman–Crippen MR) is 57.1 cm³/mol. The van der Waals surface area contributed by atoms with Crippen molar-refractivity contribution >= 4 is 29.9 Å². The second-order valence-corrected chi connectivity index (χ2v) is 4.97. The first-order valence-corrected chi connectivity index (χ1v) is 5.63. The monoisotopic (exact) mass is 213 g/mol. The quantitative estimate of drug-likeness (QED) is 0.743. The minimum Gasteiger partial charge on any atom is -0.336 e. The van der Waals surface area contributed by atoms with Gasteiger partial charge in [0.2, 0.25) is 5.91 Å². The van der Waals surface area contributed by atoms with E-state index in [0.717, 1.165) is 13.1 Å². The molecule has 1 aromatic rings. The Morgan fingerprint density at radius 1 is 1.69 bits per heavy atom. The molecule has 1 saturated heterocycles. The number of carbonyl (C=O) groups excluding carboxylic acids is 1. The molecule has 0 aromatic carbocycles. The molecule has 2 rings (SSSR count). The van der Waals surface area contributed by atoms with Gasteiger partial charge in [-0.3, -0.25) is 4.79 Å². The van der Waals surface area contributed by atoms with Gasteiger partial charge in [0.1, 0.15) is 0 Å². The van der Waals surface area contributed by atoms with Gasteiger partial charge in [-0.15, -0.1) is 11.3 Å². The molecule has 0 spiro atoms. The van der Waals surface area contributed by atoms with Crippen LogP contribution in [0.15, 0.2) is 17.5 Å². The largest absolute Gasteiger partial charge is 0.336 e. The Morgan fingerprint density at radius 2 is 2.54 bits per heavy atom. The van der Waals surface area contributed by atoms with Crippen molar-refractivity contribution in [1.29, 1.82) is 0 Å². The second kappa shape index (κ2) is 3.72. The number of carbonyl (C=O) groups is 1. The number of likely N-dealkylation sites (tertiary alicyclic amines) is 1. The summed E-state index contributed by atoms with van der Waals surface area (Å²) in [6, 6.07) is 4.07. The van der Waals surface area contributed by atoms with Crippen molar-refractivity contribution in [2.75, 3.05) is 6.54 Å². The van der Waals surface area contributed by atoms with E-state index < -0.39 is 0 Å². The van der Waals surface area contributed by atoms with Gasteiger partial charge >= 0.3 is 0 Å². The molecule has 2 heterocycles. The zero-order valence-corrected chi connectivity index (χ0v) is 8.85. The summed E-state index contributed by atoms with van der Waals surface area (Å²) in [5.74, 6) is 0.230. The van der Waals surface area contributed by atoms with Crippen molar-refractivity contribution in [3.8, 4) is 0 Å². The van der Waals surface area contributed by atoms with Crippen LogP contribution in [-0.2, 0) is 11.3 Å². The summed E-state index contributed by atoms with van der Waals surface area (Å²) in [6.07, 6.45) is 0.592. The van der Waals surface area contributed by atoms with Crippen LogP contribution in [0.4, 0.5) is 0 Å². The van der Waals surface area contributed by atoms with Crippen LogP contribution in [0.3, 0.4) is 0 Å². The Hall–Kier alpha value is -0.480. The fourth-order valence-corrected chi connectivity index (χ4v) is 2.57. The minimum atomic E-state index is 0.229.